The van der Waals surface area contributed by atoms with Crippen LogP contribution in [0.2, 0.25) is 0 Å². The number of fused-ring (bicyclic) bond motifs is 1. The molecular weight excluding hydrogens is 426 g/mol. The first-order valence-corrected chi connectivity index (χ1v) is 10.8. The Morgan fingerprint density at radius 3 is 2.52 bits per heavy atom. The number of methoxy groups -OCH3 is 3. The summed E-state index contributed by atoms with van der Waals surface area (Å²) in [5.41, 5.74) is 0.263. The van der Waals surface area contributed by atoms with Crippen molar-refractivity contribution in [1.29, 1.82) is 5.26 Å². The van der Waals surface area contributed by atoms with Gasteiger partial charge < -0.3 is 24.4 Å². The van der Waals surface area contributed by atoms with E-state index in [9.17, 15) is 14.9 Å². The monoisotopic (exact) mass is 453 g/mol. The number of benzene rings is 1. The van der Waals surface area contributed by atoms with E-state index in [1.54, 1.807) is 12.1 Å². The number of piperidine rings is 1. The fourth-order valence-corrected chi connectivity index (χ4v) is 4.75. The van der Waals surface area contributed by atoms with Gasteiger partial charge in [0.15, 0.2) is 11.5 Å². The Hall–Kier alpha value is -3.74. The molecule has 0 saturated carbocycles. The number of carbonyl (C=O) groups excluding carboxylic acids is 1. The molecule has 2 N–H and O–H groups in total. The Kier molecular flexibility index (Phi) is 6.14. The third-order valence-electron chi connectivity index (χ3n) is 6.40. The third kappa shape index (κ3) is 3.73. The third-order valence-corrected chi connectivity index (χ3v) is 6.40. The quantitative estimate of drug-likeness (QED) is 0.706. The highest BCUT2D eigenvalue weighted by Gasteiger charge is 2.42. The van der Waals surface area contributed by atoms with Crippen LogP contribution in [-0.4, -0.2) is 49.8 Å². The van der Waals surface area contributed by atoms with Crippen LogP contribution in [0.1, 0.15) is 43.2 Å². The molecule has 1 aromatic heterocycles. The molecule has 10 heteroatoms. The van der Waals surface area contributed by atoms with E-state index in [-0.39, 0.29) is 23.2 Å². The molecule has 1 aromatic carbocycles. The number of rotatable bonds is 5. The topological polar surface area (TPSA) is 130 Å². The molecule has 2 aromatic rings. The van der Waals surface area contributed by atoms with E-state index in [4.69, 9.17) is 14.2 Å². The number of amides is 1. The Bertz CT molecular complexity index is 1170. The summed E-state index contributed by atoms with van der Waals surface area (Å²) < 4.78 is 16.4. The minimum atomic E-state index is -1.16. The molecule has 0 spiro atoms. The van der Waals surface area contributed by atoms with Crippen LogP contribution in [0.5, 0.6) is 17.2 Å². The van der Waals surface area contributed by atoms with E-state index in [0.29, 0.717) is 23.0 Å². The van der Waals surface area contributed by atoms with E-state index in [0.717, 1.165) is 25.8 Å². The summed E-state index contributed by atoms with van der Waals surface area (Å²) in [6, 6.07) is 5.59. The molecule has 4 rings (SSSR count). The van der Waals surface area contributed by atoms with Gasteiger partial charge in [0, 0.05) is 24.1 Å². The number of nitrogens with one attached hydrogen (secondary N) is 2. The van der Waals surface area contributed by atoms with Crippen LogP contribution in [-0.2, 0) is 4.79 Å². The zero-order valence-corrected chi connectivity index (χ0v) is 19.1. The predicted molar refractivity (Wildman–Crippen MR) is 121 cm³/mol. The summed E-state index contributed by atoms with van der Waals surface area (Å²) in [5.74, 6) is -0.994. The molecule has 33 heavy (non-hydrogen) atoms. The highest BCUT2D eigenvalue weighted by atomic mass is 16.5. The van der Waals surface area contributed by atoms with Crippen molar-refractivity contribution in [3.63, 3.8) is 0 Å². The maximum Gasteiger partial charge on any atom is 0.258 e. The summed E-state index contributed by atoms with van der Waals surface area (Å²) in [7, 11) is 4.42. The second-order valence-electron chi connectivity index (χ2n) is 8.19. The number of anilines is 2. The highest BCUT2D eigenvalue weighted by Crippen LogP contribution is 2.48. The van der Waals surface area contributed by atoms with Crippen LogP contribution in [0.15, 0.2) is 16.9 Å². The Morgan fingerprint density at radius 2 is 1.88 bits per heavy atom. The summed E-state index contributed by atoms with van der Waals surface area (Å²) in [6.07, 6.45) is 3.11. The van der Waals surface area contributed by atoms with E-state index in [1.165, 1.54) is 21.3 Å². The average Bonchev–Trinajstić information content (AvgIpc) is 2.82. The fraction of sp³-hybridized carbons (Fsp3) is 0.478. The van der Waals surface area contributed by atoms with Gasteiger partial charge in [0.05, 0.1) is 33.0 Å². The van der Waals surface area contributed by atoms with Crippen LogP contribution in [0, 0.1) is 17.2 Å². The first-order chi connectivity index (χ1) is 15.9. The normalized spacial score (nSPS) is 22.1. The van der Waals surface area contributed by atoms with Crippen molar-refractivity contribution in [3.8, 4) is 23.3 Å². The van der Waals surface area contributed by atoms with Gasteiger partial charge in [0.25, 0.3) is 5.56 Å². The molecule has 1 fully saturated rings. The highest BCUT2D eigenvalue weighted by molar-refractivity contribution is 5.98. The van der Waals surface area contributed by atoms with Crippen LogP contribution in [0.4, 0.5) is 11.8 Å². The molecule has 0 bridgehead atoms. The maximum atomic E-state index is 13.4. The van der Waals surface area contributed by atoms with Crippen LogP contribution >= 0.6 is 0 Å². The van der Waals surface area contributed by atoms with Gasteiger partial charge in [-0.25, -0.2) is 0 Å². The summed E-state index contributed by atoms with van der Waals surface area (Å²) in [5, 5.41) is 12.5. The van der Waals surface area contributed by atoms with Gasteiger partial charge in [-0.05, 0) is 32.3 Å². The first-order valence-electron chi connectivity index (χ1n) is 10.8. The molecule has 0 radical (unpaired) electrons. The van der Waals surface area contributed by atoms with Crippen molar-refractivity contribution < 1.29 is 19.0 Å². The Balaban J connectivity index is 1.92. The number of aromatic nitrogens is 2. The van der Waals surface area contributed by atoms with Gasteiger partial charge in [0.1, 0.15) is 11.7 Å². The van der Waals surface area contributed by atoms with Crippen molar-refractivity contribution in [2.75, 3.05) is 38.1 Å². The van der Waals surface area contributed by atoms with Crippen molar-refractivity contribution in [2.45, 2.75) is 38.1 Å². The molecule has 3 unspecified atom stereocenters. The molecule has 2 aliphatic rings. The number of hydrogen-bond acceptors (Lipinski definition) is 8. The number of ether oxygens (including phenoxy) is 3. The van der Waals surface area contributed by atoms with E-state index in [1.807, 2.05) is 11.0 Å². The summed E-state index contributed by atoms with van der Waals surface area (Å²) in [4.78, 5) is 35.8. The van der Waals surface area contributed by atoms with Gasteiger partial charge in [-0.2, -0.15) is 10.2 Å². The lowest BCUT2D eigenvalue weighted by atomic mass is 9.78. The van der Waals surface area contributed by atoms with E-state index >= 15 is 0 Å². The number of nitrogens with zero attached hydrogens (tertiary/aromatic N) is 3. The number of H-pyrrole nitrogens is 1. The predicted octanol–water partition coefficient (Wildman–Crippen LogP) is 2.40. The lowest BCUT2D eigenvalue weighted by Crippen LogP contribution is -2.42. The largest absolute Gasteiger partial charge is 0.493 e. The number of nitriles is 1. The fourth-order valence-electron chi connectivity index (χ4n) is 4.75. The molecule has 3 atom stereocenters. The van der Waals surface area contributed by atoms with Crippen LogP contribution < -0.4 is 30.0 Å². The van der Waals surface area contributed by atoms with E-state index < -0.39 is 23.3 Å². The molecule has 1 saturated heterocycles. The number of hydrogen-bond donors (Lipinski definition) is 2. The molecule has 1 amide bonds. The van der Waals surface area contributed by atoms with Gasteiger partial charge in [0.2, 0.25) is 17.6 Å². The second kappa shape index (κ2) is 9.02. The van der Waals surface area contributed by atoms with Crippen LogP contribution in [0.3, 0.4) is 0 Å². The zero-order valence-electron chi connectivity index (χ0n) is 19.1. The SMILES string of the molecule is COc1ccc(C2c3c(nc(N4CCCCC4C)[nH]c3=O)NC(=O)C2C#N)c(OC)c1OC. The van der Waals surface area contributed by atoms with Crippen molar-refractivity contribution in [1.82, 2.24) is 9.97 Å². The molecule has 10 nitrogen and oxygen atoms in total. The minimum Gasteiger partial charge on any atom is -0.493 e. The molecule has 0 aliphatic carbocycles. The molecule has 2 aliphatic heterocycles. The average molecular weight is 453 g/mol. The number of carbonyl (C=O) groups is 1. The molecular formula is C23H27N5O5. The summed E-state index contributed by atoms with van der Waals surface area (Å²) >= 11 is 0. The van der Waals surface area contributed by atoms with Gasteiger partial charge >= 0.3 is 0 Å². The zero-order chi connectivity index (χ0) is 23.7. The lowest BCUT2D eigenvalue weighted by Gasteiger charge is -2.35. The van der Waals surface area contributed by atoms with Crippen molar-refractivity contribution in [3.05, 3.63) is 33.6 Å². The second-order valence-corrected chi connectivity index (χ2v) is 8.19. The van der Waals surface area contributed by atoms with Crippen LogP contribution in [0.25, 0.3) is 0 Å². The van der Waals surface area contributed by atoms with Crippen molar-refractivity contribution in [2.24, 2.45) is 5.92 Å². The van der Waals surface area contributed by atoms with Crippen molar-refractivity contribution >= 4 is 17.7 Å². The van der Waals surface area contributed by atoms with Gasteiger partial charge in [-0.3, -0.25) is 14.6 Å². The Labute approximate surface area is 191 Å². The lowest BCUT2D eigenvalue weighted by molar-refractivity contribution is -0.119. The summed E-state index contributed by atoms with van der Waals surface area (Å²) in [6.45, 7) is 2.85. The van der Waals surface area contributed by atoms with Gasteiger partial charge in [-0.15, -0.1) is 0 Å². The standard InChI is InChI=1S/C23H27N5O5/c1-12-7-5-6-10-28(12)23-26-20-17(22(30)27-23)16(14(11-24)21(29)25-20)13-8-9-15(31-2)19(33-4)18(13)32-3/h8-9,12,14,16H,5-7,10H2,1-4H3,(H2,25,26,27,29,30). The minimum absolute atomic E-state index is 0.157. The smallest absolute Gasteiger partial charge is 0.258 e. The number of aromatic amines is 1. The first kappa shape index (κ1) is 22.5. The Morgan fingerprint density at radius 1 is 1.12 bits per heavy atom. The maximum absolute atomic E-state index is 13.4. The molecule has 174 valence electrons. The van der Waals surface area contributed by atoms with E-state index in [2.05, 4.69) is 22.2 Å². The van der Waals surface area contributed by atoms with Gasteiger partial charge in [-0.1, -0.05) is 6.07 Å². The molecule has 3 heterocycles.